The number of hydrogen-bond donors (Lipinski definition) is 0. The summed E-state index contributed by atoms with van der Waals surface area (Å²) in [6, 6.07) is 0. The van der Waals surface area contributed by atoms with Crippen LogP contribution in [0.25, 0.3) is 0 Å². The van der Waals surface area contributed by atoms with E-state index in [2.05, 4.69) is 90.5 Å². The standard InChI is InChI=1S/C29H32/c1-9-15-19-26-22(8)24(14-6)28(20-16-10-2)29(26)25(17-11-3)21(7)23(13-5)27(29)18-12-4/h9-20H,1-2,5-6H2,3-4,7-8H3/b17-11-,18-12-,19-15-,20-16-. The van der Waals surface area contributed by atoms with Gasteiger partial charge in [-0.1, -0.05) is 99.2 Å². The fourth-order valence-corrected chi connectivity index (χ4v) is 4.65. The molecule has 0 aliphatic heterocycles. The highest BCUT2D eigenvalue weighted by atomic mass is 14.5. The summed E-state index contributed by atoms with van der Waals surface area (Å²) >= 11 is 0. The molecule has 29 heavy (non-hydrogen) atoms. The maximum atomic E-state index is 4.14. The maximum absolute atomic E-state index is 4.14. The van der Waals surface area contributed by atoms with E-state index in [-0.39, 0.29) is 0 Å². The van der Waals surface area contributed by atoms with Crippen LogP contribution >= 0.6 is 0 Å². The molecule has 1 spiro atoms. The van der Waals surface area contributed by atoms with Crippen molar-refractivity contribution in [3.63, 3.8) is 0 Å². The van der Waals surface area contributed by atoms with Crippen LogP contribution in [0.1, 0.15) is 27.7 Å². The highest BCUT2D eigenvalue weighted by Crippen LogP contribution is 2.63. The Morgan fingerprint density at radius 3 is 1.38 bits per heavy atom. The zero-order valence-corrected chi connectivity index (χ0v) is 18.3. The zero-order valence-electron chi connectivity index (χ0n) is 18.3. The van der Waals surface area contributed by atoms with Gasteiger partial charge in [0, 0.05) is 0 Å². The van der Waals surface area contributed by atoms with Crippen LogP contribution in [0, 0.1) is 5.41 Å². The summed E-state index contributed by atoms with van der Waals surface area (Å²) in [6.45, 7) is 24.5. The van der Waals surface area contributed by atoms with E-state index in [0.717, 1.165) is 5.57 Å². The highest BCUT2D eigenvalue weighted by Gasteiger charge is 2.51. The Morgan fingerprint density at radius 1 is 0.586 bits per heavy atom. The SMILES string of the molecule is C=C/C=C\C1=C(C)C(C=C)=C(/C=C\C=C)C12C(/C=C\C)=C(C)C(C=C)=C2/C=C\C. The Morgan fingerprint density at radius 2 is 0.966 bits per heavy atom. The molecule has 0 nitrogen and oxygen atoms in total. The second kappa shape index (κ2) is 9.39. The monoisotopic (exact) mass is 380 g/mol. The first kappa shape index (κ1) is 22.2. The van der Waals surface area contributed by atoms with Crippen LogP contribution in [0.15, 0.2) is 144 Å². The molecule has 2 aliphatic rings. The molecule has 0 amide bonds. The third-order valence-corrected chi connectivity index (χ3v) is 5.69. The van der Waals surface area contributed by atoms with Crippen molar-refractivity contribution in [3.8, 4) is 0 Å². The predicted molar refractivity (Wildman–Crippen MR) is 131 cm³/mol. The van der Waals surface area contributed by atoms with Gasteiger partial charge in [0.05, 0.1) is 5.41 Å². The molecular weight excluding hydrogens is 348 g/mol. The molecule has 0 radical (unpaired) electrons. The largest absolute Gasteiger partial charge is 0.0991 e. The molecule has 0 bridgehead atoms. The third kappa shape index (κ3) is 3.29. The van der Waals surface area contributed by atoms with Crippen molar-refractivity contribution in [1.82, 2.24) is 0 Å². The zero-order chi connectivity index (χ0) is 21.6. The highest BCUT2D eigenvalue weighted by molar-refractivity contribution is 5.80. The molecule has 2 aliphatic carbocycles. The van der Waals surface area contributed by atoms with Crippen molar-refractivity contribution < 1.29 is 0 Å². The van der Waals surface area contributed by atoms with E-state index in [1.165, 1.54) is 39.0 Å². The molecule has 0 aromatic rings. The minimum Gasteiger partial charge on any atom is -0.0991 e. The van der Waals surface area contributed by atoms with Crippen molar-refractivity contribution in [2.24, 2.45) is 5.41 Å². The maximum Gasteiger partial charge on any atom is 0.0718 e. The molecule has 1 atom stereocenters. The first-order valence-electron chi connectivity index (χ1n) is 10.0. The average Bonchev–Trinajstić information content (AvgIpc) is 3.08. The predicted octanol–water partition coefficient (Wildman–Crippen LogP) is 8.23. The first-order chi connectivity index (χ1) is 14.0. The van der Waals surface area contributed by atoms with E-state index in [4.69, 9.17) is 0 Å². The van der Waals surface area contributed by atoms with Crippen LogP contribution in [0.3, 0.4) is 0 Å². The first-order valence-corrected chi connectivity index (χ1v) is 10.0. The molecule has 1 unspecified atom stereocenters. The number of rotatable bonds is 8. The molecule has 0 aromatic heterocycles. The summed E-state index contributed by atoms with van der Waals surface area (Å²) in [5.74, 6) is 0. The van der Waals surface area contributed by atoms with E-state index in [1.54, 1.807) is 0 Å². The van der Waals surface area contributed by atoms with Gasteiger partial charge in [0.1, 0.15) is 0 Å². The van der Waals surface area contributed by atoms with E-state index in [0.29, 0.717) is 0 Å². The van der Waals surface area contributed by atoms with E-state index in [9.17, 15) is 0 Å². The molecule has 2 rings (SSSR count). The Balaban J connectivity index is 3.17. The molecule has 0 aromatic carbocycles. The summed E-state index contributed by atoms with van der Waals surface area (Å²) < 4.78 is 0. The fourth-order valence-electron chi connectivity index (χ4n) is 4.65. The second-order valence-corrected chi connectivity index (χ2v) is 7.08. The van der Waals surface area contributed by atoms with E-state index < -0.39 is 5.41 Å². The molecule has 0 heterocycles. The van der Waals surface area contributed by atoms with Gasteiger partial charge in [-0.3, -0.25) is 0 Å². The summed E-state index contributed by atoms with van der Waals surface area (Å²) in [4.78, 5) is 0. The Bertz CT molecular complexity index is 987. The van der Waals surface area contributed by atoms with Gasteiger partial charge in [0.25, 0.3) is 0 Å². The lowest BCUT2D eigenvalue weighted by Gasteiger charge is -2.35. The van der Waals surface area contributed by atoms with Crippen molar-refractivity contribution in [3.05, 3.63) is 144 Å². The van der Waals surface area contributed by atoms with Gasteiger partial charge in [-0.2, -0.15) is 0 Å². The van der Waals surface area contributed by atoms with Crippen molar-refractivity contribution in [2.75, 3.05) is 0 Å². The van der Waals surface area contributed by atoms with Gasteiger partial charge < -0.3 is 0 Å². The normalized spacial score (nSPS) is 22.8. The Kier molecular flexibility index (Phi) is 7.18. The lowest BCUT2D eigenvalue weighted by atomic mass is 9.66. The van der Waals surface area contributed by atoms with Crippen LogP contribution < -0.4 is 0 Å². The van der Waals surface area contributed by atoms with E-state index in [1.807, 2.05) is 36.5 Å². The number of allylic oxidation sites excluding steroid dienone is 20. The van der Waals surface area contributed by atoms with Crippen LogP contribution in [-0.2, 0) is 0 Å². The number of hydrogen-bond acceptors (Lipinski definition) is 0. The quantitative estimate of drug-likeness (QED) is 0.372. The third-order valence-electron chi connectivity index (χ3n) is 5.69. The lowest BCUT2D eigenvalue weighted by molar-refractivity contribution is 0.690. The molecule has 0 saturated carbocycles. The van der Waals surface area contributed by atoms with Crippen molar-refractivity contribution >= 4 is 0 Å². The van der Waals surface area contributed by atoms with Crippen LogP contribution in [0.5, 0.6) is 0 Å². The fraction of sp³-hybridized carbons (Fsp3) is 0.172. The van der Waals surface area contributed by atoms with Gasteiger partial charge in [0.2, 0.25) is 0 Å². The smallest absolute Gasteiger partial charge is 0.0718 e. The van der Waals surface area contributed by atoms with Crippen molar-refractivity contribution in [2.45, 2.75) is 27.7 Å². The van der Waals surface area contributed by atoms with Crippen molar-refractivity contribution in [1.29, 1.82) is 0 Å². The molecule has 0 heteroatoms. The molecular formula is C29H32. The van der Waals surface area contributed by atoms with Gasteiger partial charge in [-0.15, -0.1) is 0 Å². The molecule has 0 saturated heterocycles. The Labute approximate surface area is 177 Å². The van der Waals surface area contributed by atoms with Gasteiger partial charge in [-0.05, 0) is 72.3 Å². The summed E-state index contributed by atoms with van der Waals surface area (Å²) in [5.41, 5.74) is 9.37. The molecule has 0 N–H and O–H groups in total. The summed E-state index contributed by atoms with van der Waals surface area (Å²) in [7, 11) is 0. The van der Waals surface area contributed by atoms with Crippen LogP contribution in [-0.4, -0.2) is 0 Å². The van der Waals surface area contributed by atoms with Gasteiger partial charge in [-0.25, -0.2) is 0 Å². The molecule has 148 valence electrons. The minimum absolute atomic E-state index is 0.417. The lowest BCUT2D eigenvalue weighted by Crippen LogP contribution is -2.25. The van der Waals surface area contributed by atoms with Gasteiger partial charge in [0.15, 0.2) is 0 Å². The summed E-state index contributed by atoms with van der Waals surface area (Å²) in [6.07, 6.45) is 24.7. The topological polar surface area (TPSA) is 0 Å². The molecule has 0 fully saturated rings. The summed E-state index contributed by atoms with van der Waals surface area (Å²) in [5, 5.41) is 0. The average molecular weight is 381 g/mol. The van der Waals surface area contributed by atoms with Crippen LogP contribution in [0.4, 0.5) is 0 Å². The van der Waals surface area contributed by atoms with Gasteiger partial charge >= 0.3 is 0 Å². The van der Waals surface area contributed by atoms with E-state index >= 15 is 0 Å². The Hall–Kier alpha value is -3.12. The van der Waals surface area contributed by atoms with Crippen LogP contribution in [0.2, 0.25) is 0 Å². The second-order valence-electron chi connectivity index (χ2n) is 7.08. The minimum atomic E-state index is -0.417.